The lowest BCUT2D eigenvalue weighted by atomic mass is 10.2. The largest absolute Gasteiger partial charge is 0.385 e. The minimum Gasteiger partial charge on any atom is -0.385 e. The Morgan fingerprint density at radius 3 is 3.08 bits per heavy atom. The van der Waals surface area contributed by atoms with Gasteiger partial charge in [0.2, 0.25) is 0 Å². The molecule has 0 aliphatic heterocycles. The summed E-state index contributed by atoms with van der Waals surface area (Å²) in [6, 6.07) is 0.642. The molecule has 0 saturated heterocycles. The maximum Gasteiger partial charge on any atom is 0.108 e. The summed E-state index contributed by atoms with van der Waals surface area (Å²) < 4.78 is 1.85. The lowest BCUT2D eigenvalue weighted by Crippen LogP contribution is -2.24. The molecular weight excluding hydrogens is 166 g/mol. The fourth-order valence-electron chi connectivity index (χ4n) is 1.36. The zero-order chi connectivity index (χ0) is 9.26. The van der Waals surface area contributed by atoms with Gasteiger partial charge in [0.15, 0.2) is 0 Å². The lowest BCUT2D eigenvalue weighted by molar-refractivity contribution is 0.166. The van der Waals surface area contributed by atoms with Crippen molar-refractivity contribution in [3.8, 4) is 0 Å². The molecule has 1 unspecified atom stereocenters. The predicted octanol–water partition coefficient (Wildman–Crippen LogP) is 0.205. The number of aryl methyl sites for hydroxylation is 1. The first-order chi connectivity index (χ1) is 6.27. The molecule has 1 atom stereocenters. The molecule has 1 heterocycles. The van der Waals surface area contributed by atoms with E-state index in [1.807, 2.05) is 11.6 Å². The van der Waals surface area contributed by atoms with Gasteiger partial charge in [-0.15, -0.1) is 0 Å². The molecule has 0 bridgehead atoms. The molecular formula is C9H15N3O. The predicted molar refractivity (Wildman–Crippen MR) is 49.2 cm³/mol. The molecule has 1 aromatic rings. The molecule has 2 rings (SSSR count). The van der Waals surface area contributed by atoms with Gasteiger partial charge in [0.1, 0.15) is 6.10 Å². The van der Waals surface area contributed by atoms with Crippen molar-refractivity contribution >= 4 is 0 Å². The highest BCUT2D eigenvalue weighted by molar-refractivity contribution is 5.02. The van der Waals surface area contributed by atoms with Crippen LogP contribution in [0.15, 0.2) is 12.5 Å². The van der Waals surface area contributed by atoms with Crippen molar-refractivity contribution in [2.45, 2.75) is 25.0 Å². The Morgan fingerprint density at radius 2 is 2.54 bits per heavy atom. The van der Waals surface area contributed by atoms with Crippen LogP contribution in [0.3, 0.4) is 0 Å². The molecule has 1 saturated carbocycles. The second kappa shape index (κ2) is 3.47. The van der Waals surface area contributed by atoms with Crippen LogP contribution in [0, 0.1) is 0 Å². The quantitative estimate of drug-likeness (QED) is 0.698. The third-order valence-electron chi connectivity index (χ3n) is 2.37. The average Bonchev–Trinajstić information content (AvgIpc) is 2.84. The van der Waals surface area contributed by atoms with Crippen LogP contribution in [0.1, 0.15) is 24.6 Å². The summed E-state index contributed by atoms with van der Waals surface area (Å²) in [5.41, 5.74) is 0.869. The van der Waals surface area contributed by atoms with E-state index in [0.717, 1.165) is 5.69 Å². The number of aromatic nitrogens is 2. The van der Waals surface area contributed by atoms with Crippen molar-refractivity contribution in [1.29, 1.82) is 0 Å². The molecule has 1 aliphatic carbocycles. The SMILES string of the molecule is Cn1cncc1C(O)CNC1CC1. The zero-order valence-electron chi connectivity index (χ0n) is 7.77. The van der Waals surface area contributed by atoms with Crippen LogP contribution < -0.4 is 5.32 Å². The summed E-state index contributed by atoms with van der Waals surface area (Å²) >= 11 is 0. The molecule has 1 fully saturated rings. The van der Waals surface area contributed by atoms with Gasteiger partial charge in [-0.05, 0) is 12.8 Å². The Kier molecular flexibility index (Phi) is 2.33. The van der Waals surface area contributed by atoms with Crippen molar-refractivity contribution in [2.75, 3.05) is 6.54 Å². The van der Waals surface area contributed by atoms with Crippen molar-refractivity contribution in [2.24, 2.45) is 7.05 Å². The van der Waals surface area contributed by atoms with Gasteiger partial charge in [0, 0.05) is 19.6 Å². The number of hydrogen-bond acceptors (Lipinski definition) is 3. The standard InChI is InChI=1S/C9H15N3O/c1-12-6-10-4-8(12)9(13)5-11-7-2-3-7/h4,6-7,9,11,13H,2-3,5H2,1H3. The first-order valence-electron chi connectivity index (χ1n) is 4.65. The van der Waals surface area contributed by atoms with E-state index < -0.39 is 6.10 Å². The minimum absolute atomic E-state index is 0.437. The summed E-state index contributed by atoms with van der Waals surface area (Å²) in [6.07, 6.45) is 5.47. The molecule has 13 heavy (non-hydrogen) atoms. The van der Waals surface area contributed by atoms with Gasteiger partial charge in [-0.1, -0.05) is 0 Å². The normalized spacial score (nSPS) is 18.9. The highest BCUT2D eigenvalue weighted by Gasteiger charge is 2.22. The molecule has 1 aromatic heterocycles. The third kappa shape index (κ3) is 2.08. The molecule has 4 heteroatoms. The second-order valence-electron chi connectivity index (χ2n) is 3.63. The first-order valence-corrected chi connectivity index (χ1v) is 4.65. The van der Waals surface area contributed by atoms with Crippen LogP contribution in [0.2, 0.25) is 0 Å². The Balaban J connectivity index is 1.88. The summed E-state index contributed by atoms with van der Waals surface area (Å²) in [7, 11) is 1.89. The van der Waals surface area contributed by atoms with Gasteiger partial charge < -0.3 is 15.0 Å². The fraction of sp³-hybridized carbons (Fsp3) is 0.667. The zero-order valence-corrected chi connectivity index (χ0v) is 7.77. The maximum atomic E-state index is 9.74. The van der Waals surface area contributed by atoms with Gasteiger partial charge in [-0.3, -0.25) is 0 Å². The number of rotatable bonds is 4. The van der Waals surface area contributed by atoms with E-state index in [4.69, 9.17) is 0 Å². The van der Waals surface area contributed by atoms with Crippen molar-refractivity contribution in [3.63, 3.8) is 0 Å². The molecule has 2 N–H and O–H groups in total. The van der Waals surface area contributed by atoms with Crippen LogP contribution in [-0.2, 0) is 7.05 Å². The third-order valence-corrected chi connectivity index (χ3v) is 2.37. The van der Waals surface area contributed by atoms with Crippen molar-refractivity contribution in [1.82, 2.24) is 14.9 Å². The summed E-state index contributed by atoms with van der Waals surface area (Å²) in [4.78, 5) is 3.96. The highest BCUT2D eigenvalue weighted by atomic mass is 16.3. The van der Waals surface area contributed by atoms with Crippen molar-refractivity contribution < 1.29 is 5.11 Å². The van der Waals surface area contributed by atoms with E-state index in [1.54, 1.807) is 12.5 Å². The molecule has 1 aliphatic rings. The molecule has 0 aromatic carbocycles. The maximum absolute atomic E-state index is 9.74. The molecule has 72 valence electrons. The Bertz CT molecular complexity index is 280. The van der Waals surface area contributed by atoms with E-state index in [2.05, 4.69) is 10.3 Å². The Hall–Kier alpha value is -0.870. The monoisotopic (exact) mass is 181 g/mol. The van der Waals surface area contributed by atoms with Crippen LogP contribution in [0.5, 0.6) is 0 Å². The number of aliphatic hydroxyl groups is 1. The Labute approximate surface area is 77.6 Å². The van der Waals surface area contributed by atoms with E-state index in [1.165, 1.54) is 12.8 Å². The smallest absolute Gasteiger partial charge is 0.108 e. The van der Waals surface area contributed by atoms with E-state index >= 15 is 0 Å². The van der Waals surface area contributed by atoms with Gasteiger partial charge in [0.05, 0.1) is 18.2 Å². The number of nitrogens with one attached hydrogen (secondary N) is 1. The van der Waals surface area contributed by atoms with Crippen LogP contribution in [0.25, 0.3) is 0 Å². The molecule has 4 nitrogen and oxygen atoms in total. The average molecular weight is 181 g/mol. The summed E-state index contributed by atoms with van der Waals surface area (Å²) in [5, 5.41) is 13.0. The molecule has 0 amide bonds. The second-order valence-corrected chi connectivity index (χ2v) is 3.63. The van der Waals surface area contributed by atoms with E-state index in [0.29, 0.717) is 12.6 Å². The molecule has 0 radical (unpaired) electrons. The number of aliphatic hydroxyl groups excluding tert-OH is 1. The van der Waals surface area contributed by atoms with E-state index in [9.17, 15) is 5.11 Å². The number of hydrogen-bond donors (Lipinski definition) is 2. The van der Waals surface area contributed by atoms with Crippen molar-refractivity contribution in [3.05, 3.63) is 18.2 Å². The number of imidazole rings is 1. The first kappa shape index (κ1) is 8.72. The number of nitrogens with zero attached hydrogens (tertiary/aromatic N) is 2. The molecule has 0 spiro atoms. The van der Waals surface area contributed by atoms with Crippen LogP contribution >= 0.6 is 0 Å². The van der Waals surface area contributed by atoms with E-state index in [-0.39, 0.29) is 0 Å². The topological polar surface area (TPSA) is 50.1 Å². The van der Waals surface area contributed by atoms with Crippen LogP contribution in [0.4, 0.5) is 0 Å². The highest BCUT2D eigenvalue weighted by Crippen LogP contribution is 2.19. The van der Waals surface area contributed by atoms with Crippen LogP contribution in [-0.4, -0.2) is 27.2 Å². The fourth-order valence-corrected chi connectivity index (χ4v) is 1.36. The lowest BCUT2D eigenvalue weighted by Gasteiger charge is -2.11. The Morgan fingerprint density at radius 1 is 1.77 bits per heavy atom. The van der Waals surface area contributed by atoms with Gasteiger partial charge >= 0.3 is 0 Å². The minimum atomic E-state index is -0.437. The van der Waals surface area contributed by atoms with Gasteiger partial charge in [0.25, 0.3) is 0 Å². The van der Waals surface area contributed by atoms with Gasteiger partial charge in [-0.2, -0.15) is 0 Å². The van der Waals surface area contributed by atoms with Gasteiger partial charge in [-0.25, -0.2) is 4.98 Å². The summed E-state index contributed by atoms with van der Waals surface area (Å²) in [6.45, 7) is 0.629. The summed E-state index contributed by atoms with van der Waals surface area (Å²) in [5.74, 6) is 0.